The minimum Gasteiger partial charge on any atom is -0.503 e. The summed E-state index contributed by atoms with van der Waals surface area (Å²) in [6, 6.07) is 3.93. The second-order valence-electron chi connectivity index (χ2n) is 2.81. The molecule has 0 spiro atoms. The largest absolute Gasteiger partial charge is 0.503 e. The molecule has 0 fully saturated rings. The van der Waals surface area contributed by atoms with Gasteiger partial charge in [0.15, 0.2) is 5.75 Å². The summed E-state index contributed by atoms with van der Waals surface area (Å²) in [5.41, 5.74) is -0.161. The number of benzene rings is 1. The highest BCUT2D eigenvalue weighted by Crippen LogP contribution is 2.43. The van der Waals surface area contributed by atoms with Crippen LogP contribution in [0, 0.1) is 0 Å². The van der Waals surface area contributed by atoms with Gasteiger partial charge in [0.05, 0.1) is 0 Å². The average Bonchev–Trinajstić information content (AvgIpc) is 2.43. The van der Waals surface area contributed by atoms with Crippen LogP contribution < -0.4 is 0 Å². The summed E-state index contributed by atoms with van der Waals surface area (Å²) in [5, 5.41) is 18.5. The fourth-order valence-corrected chi connectivity index (χ4v) is 2.04. The third-order valence-corrected chi connectivity index (χ3v) is 2.88. The number of thiophene rings is 1. The van der Waals surface area contributed by atoms with Crippen LogP contribution in [0.2, 0.25) is 0 Å². The molecule has 2 nitrogen and oxygen atoms in total. The molecule has 0 atom stereocenters. The molecule has 0 unspecified atom stereocenters. The van der Waals surface area contributed by atoms with Gasteiger partial charge in [0.1, 0.15) is 0 Å². The third-order valence-electron chi connectivity index (χ3n) is 1.92. The summed E-state index contributed by atoms with van der Waals surface area (Å²) >= 11 is 0.960. The summed E-state index contributed by atoms with van der Waals surface area (Å²) in [5.74, 6) is -0.326. The second kappa shape index (κ2) is 3.09. The van der Waals surface area contributed by atoms with Crippen molar-refractivity contribution in [2.45, 2.75) is 6.43 Å². The van der Waals surface area contributed by atoms with Crippen LogP contribution in [0.1, 0.15) is 12.0 Å². The first-order chi connectivity index (χ1) is 6.59. The Labute approximate surface area is 82.0 Å². The summed E-state index contributed by atoms with van der Waals surface area (Å²) in [6.45, 7) is 0. The first-order valence-corrected chi connectivity index (χ1v) is 4.64. The Morgan fingerprint density at radius 1 is 1.21 bits per heavy atom. The molecule has 0 bridgehead atoms. The second-order valence-corrected chi connectivity index (χ2v) is 3.84. The molecule has 0 amide bonds. The van der Waals surface area contributed by atoms with Crippen molar-refractivity contribution < 1.29 is 19.0 Å². The van der Waals surface area contributed by atoms with Gasteiger partial charge in [-0.15, -0.1) is 0 Å². The van der Waals surface area contributed by atoms with Crippen LogP contribution in [0.5, 0.6) is 10.8 Å². The molecule has 0 radical (unpaired) electrons. The van der Waals surface area contributed by atoms with Crippen molar-refractivity contribution in [1.29, 1.82) is 0 Å². The zero-order valence-corrected chi connectivity index (χ0v) is 7.68. The Bertz CT molecular complexity index is 479. The monoisotopic (exact) mass is 216 g/mol. The predicted molar refractivity (Wildman–Crippen MR) is 50.1 cm³/mol. The van der Waals surface area contributed by atoms with E-state index >= 15 is 0 Å². The van der Waals surface area contributed by atoms with Crippen LogP contribution in [-0.2, 0) is 0 Å². The van der Waals surface area contributed by atoms with E-state index in [1.54, 1.807) is 0 Å². The van der Waals surface area contributed by atoms with E-state index in [-0.39, 0.29) is 21.8 Å². The summed E-state index contributed by atoms with van der Waals surface area (Å²) < 4.78 is 25.2. The van der Waals surface area contributed by atoms with Gasteiger partial charge in [0.25, 0.3) is 6.43 Å². The van der Waals surface area contributed by atoms with Gasteiger partial charge in [0.2, 0.25) is 5.06 Å². The Hall–Kier alpha value is -1.36. The van der Waals surface area contributed by atoms with E-state index in [0.717, 1.165) is 11.3 Å². The zero-order chi connectivity index (χ0) is 10.3. The van der Waals surface area contributed by atoms with E-state index in [9.17, 15) is 13.9 Å². The predicted octanol–water partition coefficient (Wildman–Crippen LogP) is 3.25. The summed E-state index contributed by atoms with van der Waals surface area (Å²) in [6.07, 6.45) is -2.57. The van der Waals surface area contributed by atoms with Gasteiger partial charge in [-0.1, -0.05) is 17.4 Å². The van der Waals surface area contributed by atoms with Gasteiger partial charge in [-0.2, -0.15) is 0 Å². The lowest BCUT2D eigenvalue weighted by molar-refractivity contribution is 0.151. The normalized spacial score (nSPS) is 11.4. The molecule has 0 aliphatic rings. The van der Waals surface area contributed by atoms with E-state index in [1.165, 1.54) is 18.2 Å². The molecule has 74 valence electrons. The summed E-state index contributed by atoms with van der Waals surface area (Å²) in [7, 11) is 0. The van der Waals surface area contributed by atoms with Crippen molar-refractivity contribution in [3.63, 3.8) is 0 Å². The lowest BCUT2D eigenvalue weighted by Gasteiger charge is -1.98. The first-order valence-electron chi connectivity index (χ1n) is 3.82. The van der Waals surface area contributed by atoms with Crippen molar-refractivity contribution in [1.82, 2.24) is 0 Å². The molecule has 0 aliphatic carbocycles. The average molecular weight is 216 g/mol. The quantitative estimate of drug-likeness (QED) is 0.768. The van der Waals surface area contributed by atoms with Gasteiger partial charge < -0.3 is 10.2 Å². The minimum atomic E-state index is -2.57. The molecule has 0 saturated heterocycles. The highest BCUT2D eigenvalue weighted by Gasteiger charge is 2.13. The highest BCUT2D eigenvalue weighted by molar-refractivity contribution is 7.21. The van der Waals surface area contributed by atoms with Crippen LogP contribution in [0.4, 0.5) is 8.78 Å². The molecular weight excluding hydrogens is 210 g/mol. The lowest BCUT2D eigenvalue weighted by Crippen LogP contribution is -1.81. The van der Waals surface area contributed by atoms with Crippen molar-refractivity contribution in [2.75, 3.05) is 0 Å². The van der Waals surface area contributed by atoms with Crippen LogP contribution in [-0.4, -0.2) is 10.2 Å². The lowest BCUT2D eigenvalue weighted by atomic mass is 10.1. The molecule has 14 heavy (non-hydrogen) atoms. The number of rotatable bonds is 1. The molecule has 0 aliphatic heterocycles. The number of aromatic hydroxyl groups is 2. The molecule has 1 aromatic carbocycles. The fraction of sp³-hybridized carbons (Fsp3) is 0.111. The van der Waals surface area contributed by atoms with E-state index in [4.69, 9.17) is 5.11 Å². The van der Waals surface area contributed by atoms with Gasteiger partial charge in [-0.05, 0) is 12.1 Å². The molecule has 1 aromatic heterocycles. The topological polar surface area (TPSA) is 40.5 Å². The molecule has 2 N–H and O–H groups in total. The number of hydrogen-bond donors (Lipinski definition) is 2. The third kappa shape index (κ3) is 1.29. The van der Waals surface area contributed by atoms with Gasteiger partial charge >= 0.3 is 0 Å². The fourth-order valence-electron chi connectivity index (χ4n) is 1.23. The molecule has 2 rings (SSSR count). The van der Waals surface area contributed by atoms with Crippen LogP contribution >= 0.6 is 11.3 Å². The number of halogens is 2. The van der Waals surface area contributed by atoms with Crippen LogP contribution in [0.25, 0.3) is 10.1 Å². The minimum absolute atomic E-state index is 0.161. The first kappa shape index (κ1) is 9.21. The maximum Gasteiger partial charge on any atom is 0.263 e. The Morgan fingerprint density at radius 3 is 2.57 bits per heavy atom. The van der Waals surface area contributed by atoms with Crippen molar-refractivity contribution in [3.05, 3.63) is 23.8 Å². The van der Waals surface area contributed by atoms with Gasteiger partial charge in [-0.3, -0.25) is 0 Å². The van der Waals surface area contributed by atoms with Crippen molar-refractivity contribution in [3.8, 4) is 10.8 Å². The van der Waals surface area contributed by atoms with Crippen molar-refractivity contribution >= 4 is 21.4 Å². The maximum absolute atomic E-state index is 12.3. The van der Waals surface area contributed by atoms with E-state index < -0.39 is 6.43 Å². The van der Waals surface area contributed by atoms with E-state index in [1.807, 2.05) is 0 Å². The smallest absolute Gasteiger partial charge is 0.263 e. The standard InChI is InChI=1S/C9H6F2O2S/c10-8(11)4-1-2-6-5(3-4)7(12)9(13)14-6/h1-3,8,12-13H. The van der Waals surface area contributed by atoms with E-state index in [0.29, 0.717) is 4.70 Å². The van der Waals surface area contributed by atoms with Gasteiger partial charge in [0, 0.05) is 15.6 Å². The maximum atomic E-state index is 12.3. The number of alkyl halides is 2. The summed E-state index contributed by atoms with van der Waals surface area (Å²) in [4.78, 5) is 0. The van der Waals surface area contributed by atoms with Crippen LogP contribution in [0.15, 0.2) is 18.2 Å². The number of hydrogen-bond acceptors (Lipinski definition) is 3. The molecule has 2 aromatic rings. The highest BCUT2D eigenvalue weighted by atomic mass is 32.1. The van der Waals surface area contributed by atoms with Crippen LogP contribution in [0.3, 0.4) is 0 Å². The van der Waals surface area contributed by atoms with Gasteiger partial charge in [-0.25, -0.2) is 8.78 Å². The van der Waals surface area contributed by atoms with E-state index in [2.05, 4.69) is 0 Å². The SMILES string of the molecule is Oc1sc2ccc(C(F)F)cc2c1O. The Kier molecular flexibility index (Phi) is 2.03. The Balaban J connectivity index is 2.69. The molecule has 0 saturated carbocycles. The molecular formula is C9H6F2O2S. The zero-order valence-electron chi connectivity index (χ0n) is 6.87. The Morgan fingerprint density at radius 2 is 1.93 bits per heavy atom. The van der Waals surface area contributed by atoms with Crippen molar-refractivity contribution in [2.24, 2.45) is 0 Å². The number of fused-ring (bicyclic) bond motifs is 1. The molecule has 5 heteroatoms. The molecule has 1 heterocycles.